The van der Waals surface area contributed by atoms with Crippen molar-refractivity contribution in [1.29, 1.82) is 0 Å². The molecule has 4 heteroatoms. The molecule has 0 aromatic carbocycles. The number of rotatable bonds is 6. The van der Waals surface area contributed by atoms with Crippen LogP contribution >= 0.6 is 0 Å². The van der Waals surface area contributed by atoms with Crippen LogP contribution in [0.4, 0.5) is 0 Å². The quantitative estimate of drug-likeness (QED) is 0.288. The molecule has 2 rings (SSSR count). The van der Waals surface area contributed by atoms with Crippen molar-refractivity contribution in [3.8, 4) is 0 Å². The van der Waals surface area contributed by atoms with Crippen molar-refractivity contribution < 1.29 is 14.0 Å². The predicted octanol–water partition coefficient (Wildman–Crippen LogP) is 6.45. The molecule has 28 heavy (non-hydrogen) atoms. The smallest absolute Gasteiger partial charge is 0.308 e. The third-order valence-corrected chi connectivity index (χ3v) is 12.3. The van der Waals surface area contributed by atoms with Crippen LogP contribution in [0.1, 0.15) is 67.7 Å². The number of hydrogen-bond acceptors (Lipinski definition) is 3. The first-order chi connectivity index (χ1) is 12.9. The van der Waals surface area contributed by atoms with Crippen LogP contribution in [-0.2, 0) is 14.0 Å². The molecule has 7 atom stereocenters. The lowest BCUT2D eigenvalue weighted by Crippen LogP contribution is -2.49. The van der Waals surface area contributed by atoms with E-state index in [0.717, 1.165) is 19.4 Å². The van der Waals surface area contributed by atoms with Crippen molar-refractivity contribution in [2.75, 3.05) is 6.61 Å². The largest absolute Gasteiger partial charge is 0.462 e. The normalized spacial score (nSPS) is 34.6. The molecule has 0 bridgehead atoms. The standard InChI is InChI=1S/C24H44O3Si/c1-10-17(3)23(25)27-21-14-16(2)13-19-12-11-18(4)20(22(19)21)15-26-28(8,9)24(5,6)7/h11-12,16-22H,10,13-15H2,1-9H3/t16-,17-,18-,19-,20-,21-,22-/m0/s1. The van der Waals surface area contributed by atoms with Crippen LogP contribution in [0, 0.1) is 35.5 Å². The van der Waals surface area contributed by atoms with Crippen LogP contribution in [-0.4, -0.2) is 27.0 Å². The number of allylic oxidation sites excluding steroid dienone is 2. The fraction of sp³-hybridized carbons (Fsp3) is 0.875. The van der Waals surface area contributed by atoms with Crippen LogP contribution in [0.5, 0.6) is 0 Å². The van der Waals surface area contributed by atoms with Crippen LogP contribution in [0.2, 0.25) is 18.1 Å². The SMILES string of the molecule is CC[C@H](C)C(=O)O[C@H]1C[C@@H](C)C[C@@H]2C=C[C@H](C)[C@H](CO[Si](C)(C)C(C)(C)C)[C@@H]12. The Labute approximate surface area is 174 Å². The molecular formula is C24H44O3Si. The molecule has 1 fully saturated rings. The van der Waals surface area contributed by atoms with Gasteiger partial charge in [0, 0.05) is 12.5 Å². The van der Waals surface area contributed by atoms with Gasteiger partial charge in [0.1, 0.15) is 6.10 Å². The Morgan fingerprint density at radius 2 is 1.82 bits per heavy atom. The lowest BCUT2D eigenvalue weighted by Gasteiger charge is -2.48. The van der Waals surface area contributed by atoms with E-state index in [1.54, 1.807) is 0 Å². The molecule has 0 N–H and O–H groups in total. The summed E-state index contributed by atoms with van der Waals surface area (Å²) in [5.74, 6) is 2.32. The highest BCUT2D eigenvalue weighted by Crippen LogP contribution is 2.47. The van der Waals surface area contributed by atoms with Gasteiger partial charge in [-0.25, -0.2) is 0 Å². The van der Waals surface area contributed by atoms with Gasteiger partial charge in [0.15, 0.2) is 8.32 Å². The van der Waals surface area contributed by atoms with Crippen molar-refractivity contribution >= 4 is 14.3 Å². The molecule has 0 amide bonds. The zero-order valence-corrected chi connectivity index (χ0v) is 20.7. The first-order valence-corrected chi connectivity index (χ1v) is 14.3. The molecule has 2 aliphatic rings. The Morgan fingerprint density at radius 1 is 1.18 bits per heavy atom. The molecule has 0 aromatic heterocycles. The molecule has 0 radical (unpaired) electrons. The third-order valence-electron chi connectivity index (χ3n) is 7.79. The second kappa shape index (κ2) is 9.03. The summed E-state index contributed by atoms with van der Waals surface area (Å²) in [7, 11) is -1.80. The van der Waals surface area contributed by atoms with Crippen LogP contribution in [0.3, 0.4) is 0 Å². The van der Waals surface area contributed by atoms with E-state index in [2.05, 4.69) is 66.8 Å². The fourth-order valence-corrected chi connectivity index (χ4v) is 5.54. The predicted molar refractivity (Wildman–Crippen MR) is 120 cm³/mol. The Bertz CT molecular complexity index is 563. The third kappa shape index (κ3) is 5.30. The molecule has 2 aliphatic carbocycles. The lowest BCUT2D eigenvalue weighted by molar-refractivity contribution is -0.164. The minimum Gasteiger partial charge on any atom is -0.462 e. The summed E-state index contributed by atoms with van der Waals surface area (Å²) >= 11 is 0. The van der Waals surface area contributed by atoms with E-state index in [1.165, 1.54) is 6.42 Å². The van der Waals surface area contributed by atoms with E-state index in [-0.39, 0.29) is 23.0 Å². The average molecular weight is 409 g/mol. The molecule has 3 nitrogen and oxygen atoms in total. The van der Waals surface area contributed by atoms with Gasteiger partial charge in [0.05, 0.1) is 5.92 Å². The van der Waals surface area contributed by atoms with Gasteiger partial charge in [-0.2, -0.15) is 0 Å². The molecule has 1 saturated carbocycles. The molecule has 0 heterocycles. The Morgan fingerprint density at radius 3 is 2.39 bits per heavy atom. The molecule has 0 unspecified atom stereocenters. The second-order valence-electron chi connectivity index (χ2n) is 11.1. The molecule has 0 saturated heterocycles. The van der Waals surface area contributed by atoms with Crippen LogP contribution in [0.25, 0.3) is 0 Å². The zero-order chi connectivity index (χ0) is 21.3. The molecule has 0 spiro atoms. The summed E-state index contributed by atoms with van der Waals surface area (Å²) < 4.78 is 12.8. The zero-order valence-electron chi connectivity index (χ0n) is 19.7. The van der Waals surface area contributed by atoms with Crippen LogP contribution in [0.15, 0.2) is 12.2 Å². The Kier molecular flexibility index (Phi) is 7.64. The van der Waals surface area contributed by atoms with Gasteiger partial charge >= 0.3 is 5.97 Å². The average Bonchev–Trinajstić information content (AvgIpc) is 2.59. The summed E-state index contributed by atoms with van der Waals surface area (Å²) in [6.07, 6.45) is 7.83. The Hall–Kier alpha value is -0.613. The highest BCUT2D eigenvalue weighted by molar-refractivity contribution is 6.74. The highest BCUT2D eigenvalue weighted by Gasteiger charge is 2.46. The minimum absolute atomic E-state index is 0.0193. The molecular weight excluding hydrogens is 364 g/mol. The van der Waals surface area contributed by atoms with Gasteiger partial charge in [-0.05, 0) is 61.1 Å². The number of esters is 1. The first-order valence-electron chi connectivity index (χ1n) is 11.4. The monoisotopic (exact) mass is 408 g/mol. The van der Waals surface area contributed by atoms with Gasteiger partial charge in [0.25, 0.3) is 0 Å². The topological polar surface area (TPSA) is 35.5 Å². The summed E-state index contributed by atoms with van der Waals surface area (Å²) in [6.45, 7) is 21.0. The molecule has 0 aliphatic heterocycles. The van der Waals surface area contributed by atoms with E-state index in [1.807, 2.05) is 6.92 Å². The molecule has 162 valence electrons. The maximum Gasteiger partial charge on any atom is 0.308 e. The lowest BCUT2D eigenvalue weighted by atomic mass is 9.62. The fourth-order valence-electron chi connectivity index (χ4n) is 4.50. The van der Waals surface area contributed by atoms with E-state index < -0.39 is 8.32 Å². The van der Waals surface area contributed by atoms with Crippen molar-refractivity contribution in [3.05, 3.63) is 12.2 Å². The van der Waals surface area contributed by atoms with Crippen molar-refractivity contribution in [1.82, 2.24) is 0 Å². The Balaban J connectivity index is 2.21. The van der Waals surface area contributed by atoms with E-state index in [4.69, 9.17) is 9.16 Å². The highest BCUT2D eigenvalue weighted by atomic mass is 28.4. The number of fused-ring (bicyclic) bond motifs is 1. The summed E-state index contributed by atoms with van der Waals surface area (Å²) in [5, 5.41) is 0.212. The number of hydrogen-bond donors (Lipinski definition) is 0. The number of carbonyl (C=O) groups is 1. The van der Waals surface area contributed by atoms with Gasteiger partial charge in [-0.15, -0.1) is 0 Å². The first kappa shape index (κ1) is 23.7. The van der Waals surface area contributed by atoms with Gasteiger partial charge in [0.2, 0.25) is 0 Å². The van der Waals surface area contributed by atoms with Crippen molar-refractivity contribution in [2.24, 2.45) is 35.5 Å². The maximum atomic E-state index is 12.6. The van der Waals surface area contributed by atoms with Gasteiger partial charge in [-0.1, -0.05) is 60.6 Å². The van der Waals surface area contributed by atoms with Crippen molar-refractivity contribution in [3.63, 3.8) is 0 Å². The summed E-state index contributed by atoms with van der Waals surface area (Å²) in [4.78, 5) is 12.6. The summed E-state index contributed by atoms with van der Waals surface area (Å²) in [6, 6.07) is 0. The van der Waals surface area contributed by atoms with E-state index >= 15 is 0 Å². The van der Waals surface area contributed by atoms with E-state index in [9.17, 15) is 4.79 Å². The van der Waals surface area contributed by atoms with Crippen molar-refractivity contribution in [2.45, 2.75) is 92.0 Å². The maximum absolute atomic E-state index is 12.6. The number of ether oxygens (including phenoxy) is 1. The van der Waals surface area contributed by atoms with Crippen LogP contribution < -0.4 is 0 Å². The van der Waals surface area contributed by atoms with Gasteiger partial charge in [-0.3, -0.25) is 4.79 Å². The second-order valence-corrected chi connectivity index (χ2v) is 15.9. The minimum atomic E-state index is -1.80. The van der Waals surface area contributed by atoms with E-state index in [0.29, 0.717) is 29.6 Å². The molecule has 0 aromatic rings. The number of carbonyl (C=O) groups excluding carboxylic acids is 1. The summed E-state index contributed by atoms with van der Waals surface area (Å²) in [5.41, 5.74) is 0. The van der Waals surface area contributed by atoms with Gasteiger partial charge < -0.3 is 9.16 Å².